The molecule has 1 saturated carbocycles. The van der Waals surface area contributed by atoms with Crippen LogP contribution in [0.2, 0.25) is 0 Å². The minimum atomic E-state index is -0.348. The molecule has 1 unspecified atom stereocenters. The number of aryl methyl sites for hydroxylation is 2. The maximum Gasteiger partial charge on any atom is 0.332 e. The van der Waals surface area contributed by atoms with Gasteiger partial charge in [-0.2, -0.15) is 0 Å². The topological polar surface area (TPSA) is 116 Å². The summed E-state index contributed by atoms with van der Waals surface area (Å²) in [4.78, 5) is 45.3. The third-order valence-corrected chi connectivity index (χ3v) is 5.56. The quantitative estimate of drug-likeness (QED) is 0.619. The Bertz CT molecular complexity index is 1170. The molecule has 1 atom stereocenters. The molecule has 2 heterocycles. The Morgan fingerprint density at radius 2 is 1.90 bits per heavy atom. The summed E-state index contributed by atoms with van der Waals surface area (Å²) in [5.41, 5.74) is 7.49. The summed E-state index contributed by atoms with van der Waals surface area (Å²) >= 11 is 0. The van der Waals surface area contributed by atoms with Gasteiger partial charge < -0.3 is 10.7 Å². The van der Waals surface area contributed by atoms with Gasteiger partial charge in [0, 0.05) is 37.5 Å². The monoisotopic (exact) mass is 395 g/mol. The molecule has 29 heavy (non-hydrogen) atoms. The number of nitrogen functional groups attached to an aromatic ring is 1. The number of H-pyrrole nitrogens is 1. The van der Waals surface area contributed by atoms with Crippen molar-refractivity contribution in [3.63, 3.8) is 0 Å². The molecule has 1 fully saturated rings. The number of nitrogens with one attached hydrogen (secondary N) is 1. The van der Waals surface area contributed by atoms with Gasteiger partial charge in [0.05, 0.1) is 0 Å². The molecular weight excluding hydrogens is 370 g/mol. The second-order valence-corrected chi connectivity index (χ2v) is 7.68. The Hall–Kier alpha value is -3.16. The number of carbonyl (C=O) groups excluding carboxylic acids is 1. The Labute approximate surface area is 167 Å². The summed E-state index contributed by atoms with van der Waals surface area (Å²) in [5, 5.41) is 0. The Kier molecular flexibility index (Phi) is 5.08. The highest BCUT2D eigenvalue weighted by molar-refractivity contribution is 5.81. The fourth-order valence-corrected chi connectivity index (χ4v) is 3.97. The molecule has 1 aromatic carbocycles. The third-order valence-electron chi connectivity index (χ3n) is 5.56. The molecule has 8 nitrogen and oxygen atoms in total. The van der Waals surface area contributed by atoms with Gasteiger partial charge in [-0.05, 0) is 37.0 Å². The van der Waals surface area contributed by atoms with Crippen molar-refractivity contribution in [1.82, 2.24) is 19.1 Å². The molecule has 3 N–H and O–H groups in total. The van der Waals surface area contributed by atoms with Crippen LogP contribution in [0, 0.1) is 0 Å². The van der Waals surface area contributed by atoms with Gasteiger partial charge in [-0.15, -0.1) is 0 Å². The minimum Gasteiger partial charge on any atom is -0.399 e. The van der Waals surface area contributed by atoms with Crippen molar-refractivity contribution in [2.24, 2.45) is 0 Å². The number of anilines is 1. The number of hydrogen-bond acceptors (Lipinski definition) is 5. The van der Waals surface area contributed by atoms with Gasteiger partial charge in [0.15, 0.2) is 5.65 Å². The van der Waals surface area contributed by atoms with Crippen molar-refractivity contribution in [3.8, 4) is 0 Å². The van der Waals surface area contributed by atoms with E-state index in [0.29, 0.717) is 61.4 Å². The number of aromatic amines is 1. The first-order chi connectivity index (χ1) is 14.0. The zero-order valence-electron chi connectivity index (χ0n) is 16.5. The van der Waals surface area contributed by atoms with Gasteiger partial charge in [-0.3, -0.25) is 18.7 Å². The van der Waals surface area contributed by atoms with E-state index in [2.05, 4.69) is 9.97 Å². The lowest BCUT2D eigenvalue weighted by Gasteiger charge is -2.11. The van der Waals surface area contributed by atoms with Gasteiger partial charge in [0.25, 0.3) is 5.56 Å². The van der Waals surface area contributed by atoms with E-state index in [1.807, 2.05) is 31.2 Å². The van der Waals surface area contributed by atoms with Crippen molar-refractivity contribution < 1.29 is 4.79 Å². The van der Waals surface area contributed by atoms with Gasteiger partial charge in [0.2, 0.25) is 0 Å². The van der Waals surface area contributed by atoms with Crippen molar-refractivity contribution in [2.75, 3.05) is 5.73 Å². The molecule has 0 spiro atoms. The summed E-state index contributed by atoms with van der Waals surface area (Å²) in [7, 11) is 0. The third kappa shape index (κ3) is 3.62. The fraction of sp³-hybridized carbons (Fsp3) is 0.429. The number of nitrogens with zero attached hydrogens (tertiary/aromatic N) is 3. The number of aromatic nitrogens is 4. The van der Waals surface area contributed by atoms with E-state index in [-0.39, 0.29) is 23.0 Å². The van der Waals surface area contributed by atoms with Crippen LogP contribution in [0.5, 0.6) is 0 Å². The molecule has 0 amide bonds. The van der Waals surface area contributed by atoms with Crippen molar-refractivity contribution in [1.29, 1.82) is 0 Å². The number of carbonyl (C=O) groups is 1. The molecule has 1 aliphatic rings. The van der Waals surface area contributed by atoms with E-state index in [0.717, 1.165) is 12.0 Å². The Morgan fingerprint density at radius 1 is 1.14 bits per heavy atom. The van der Waals surface area contributed by atoms with Crippen LogP contribution < -0.4 is 17.0 Å². The standard InChI is InChI=1S/C21H25N5O3/c1-2-10-26-20(28)17-19(24-18(23-17)14-5-8-16(27)12-14)25(21(26)29)11-9-13-3-6-15(22)7-4-13/h3-4,6-7,14H,2,5,8-12,22H2,1H3,(H,23,24). The first-order valence-electron chi connectivity index (χ1n) is 10.1. The minimum absolute atomic E-state index is 0.0189. The molecule has 8 heteroatoms. The number of ketones is 1. The second kappa shape index (κ2) is 7.69. The maximum atomic E-state index is 13.0. The lowest BCUT2D eigenvalue weighted by Crippen LogP contribution is -2.40. The summed E-state index contributed by atoms with van der Waals surface area (Å²) in [6.07, 6.45) is 2.97. The van der Waals surface area contributed by atoms with Crippen LogP contribution in [0.25, 0.3) is 11.2 Å². The fourth-order valence-electron chi connectivity index (χ4n) is 3.97. The highest BCUT2D eigenvalue weighted by Crippen LogP contribution is 2.30. The lowest BCUT2D eigenvalue weighted by molar-refractivity contribution is -0.117. The number of Topliss-reactive ketones (excluding diaryl/α,β-unsaturated/α-hetero) is 1. The molecule has 2 aromatic heterocycles. The van der Waals surface area contributed by atoms with Gasteiger partial charge in [-0.25, -0.2) is 9.78 Å². The van der Waals surface area contributed by atoms with Gasteiger partial charge in [-0.1, -0.05) is 19.1 Å². The van der Waals surface area contributed by atoms with Crippen molar-refractivity contribution in [3.05, 3.63) is 56.5 Å². The molecular formula is C21H25N5O3. The molecule has 1 aliphatic carbocycles. The smallest absolute Gasteiger partial charge is 0.332 e. The zero-order chi connectivity index (χ0) is 20.5. The summed E-state index contributed by atoms with van der Waals surface area (Å²) < 4.78 is 2.84. The highest BCUT2D eigenvalue weighted by Gasteiger charge is 2.27. The second-order valence-electron chi connectivity index (χ2n) is 7.68. The molecule has 0 radical (unpaired) electrons. The molecule has 4 rings (SSSR count). The number of nitrogens with two attached hydrogens (primary N) is 1. The summed E-state index contributed by atoms with van der Waals surface area (Å²) in [6.45, 7) is 2.68. The summed E-state index contributed by atoms with van der Waals surface area (Å²) in [5.74, 6) is 0.812. The molecule has 3 aromatic rings. The van der Waals surface area contributed by atoms with Crippen LogP contribution >= 0.6 is 0 Å². The van der Waals surface area contributed by atoms with E-state index in [1.165, 1.54) is 4.57 Å². The summed E-state index contributed by atoms with van der Waals surface area (Å²) in [6, 6.07) is 7.52. The number of rotatable bonds is 6. The number of benzene rings is 1. The zero-order valence-corrected chi connectivity index (χ0v) is 16.5. The van der Waals surface area contributed by atoms with Crippen molar-refractivity contribution in [2.45, 2.75) is 58.0 Å². The van der Waals surface area contributed by atoms with Crippen LogP contribution in [-0.2, 0) is 24.3 Å². The molecule has 0 saturated heterocycles. The van der Waals surface area contributed by atoms with E-state index in [1.54, 1.807) is 4.57 Å². The number of hydrogen-bond donors (Lipinski definition) is 2. The number of fused-ring (bicyclic) bond motifs is 1. The highest BCUT2D eigenvalue weighted by atomic mass is 16.2. The van der Waals surface area contributed by atoms with E-state index in [9.17, 15) is 14.4 Å². The SMILES string of the molecule is CCCn1c(=O)c2[nH]c(C3CCC(=O)C3)nc2n(CCc2ccc(N)cc2)c1=O. The van der Waals surface area contributed by atoms with Crippen LogP contribution in [0.4, 0.5) is 5.69 Å². The predicted octanol–water partition coefficient (Wildman–Crippen LogP) is 1.96. The normalized spacial score (nSPS) is 16.7. The van der Waals surface area contributed by atoms with E-state index >= 15 is 0 Å². The first kappa shape index (κ1) is 19.2. The van der Waals surface area contributed by atoms with Crippen LogP contribution in [0.3, 0.4) is 0 Å². The Balaban J connectivity index is 1.78. The van der Waals surface area contributed by atoms with E-state index in [4.69, 9.17) is 5.73 Å². The first-order valence-corrected chi connectivity index (χ1v) is 10.1. The average Bonchev–Trinajstić information content (AvgIpc) is 3.33. The predicted molar refractivity (Wildman–Crippen MR) is 111 cm³/mol. The Morgan fingerprint density at radius 3 is 2.55 bits per heavy atom. The molecule has 0 aliphatic heterocycles. The van der Waals surface area contributed by atoms with E-state index < -0.39 is 0 Å². The van der Waals surface area contributed by atoms with Gasteiger partial charge >= 0.3 is 5.69 Å². The van der Waals surface area contributed by atoms with Crippen LogP contribution in [0.1, 0.15) is 49.9 Å². The average molecular weight is 395 g/mol. The number of imidazole rings is 1. The largest absolute Gasteiger partial charge is 0.399 e. The van der Waals surface area contributed by atoms with Crippen molar-refractivity contribution >= 4 is 22.6 Å². The molecule has 0 bridgehead atoms. The van der Waals surface area contributed by atoms with Crippen LogP contribution in [-0.4, -0.2) is 24.9 Å². The molecule has 152 valence electrons. The van der Waals surface area contributed by atoms with Gasteiger partial charge in [0.1, 0.15) is 17.1 Å². The maximum absolute atomic E-state index is 13.0. The van der Waals surface area contributed by atoms with Crippen LogP contribution in [0.15, 0.2) is 33.9 Å². The lowest BCUT2D eigenvalue weighted by atomic mass is 10.1.